The van der Waals surface area contributed by atoms with Gasteiger partial charge in [-0.1, -0.05) is 0 Å². The van der Waals surface area contributed by atoms with Crippen LogP contribution in [-0.4, -0.2) is 23.7 Å². The average Bonchev–Trinajstić information content (AvgIpc) is 2.17. The van der Waals surface area contributed by atoms with Gasteiger partial charge in [0.1, 0.15) is 5.69 Å². The smallest absolute Gasteiger partial charge is 0.491 e. The van der Waals surface area contributed by atoms with Crippen LogP contribution in [0, 0.1) is 6.92 Å². The Hall–Kier alpha value is -1.50. The minimum absolute atomic E-state index is 0.235. The summed E-state index contributed by atoms with van der Waals surface area (Å²) in [6, 6.07) is 1.18. The molecule has 0 amide bonds. The first kappa shape index (κ1) is 13.6. The highest BCUT2D eigenvalue weighted by Gasteiger charge is 2.34. The normalized spacial score (nSPS) is 11.2. The molecule has 94 valence electrons. The Kier molecular flexibility index (Phi) is 3.82. The van der Waals surface area contributed by atoms with Gasteiger partial charge in [-0.25, -0.2) is 4.98 Å². The number of alkyl halides is 3. The number of ether oxygens (including phenoxy) is 2. The molecule has 4 nitrogen and oxygen atoms in total. The fourth-order valence-electron chi connectivity index (χ4n) is 1.10. The van der Waals surface area contributed by atoms with Gasteiger partial charge in [0.25, 0.3) is 11.1 Å². The number of pyridine rings is 1. The molecular formula is C9H7ClF3NO3. The van der Waals surface area contributed by atoms with Gasteiger partial charge in [-0.3, -0.25) is 4.79 Å². The second-order valence-corrected chi connectivity index (χ2v) is 3.33. The van der Waals surface area contributed by atoms with E-state index in [4.69, 9.17) is 11.6 Å². The van der Waals surface area contributed by atoms with Crippen molar-refractivity contribution < 1.29 is 27.4 Å². The summed E-state index contributed by atoms with van der Waals surface area (Å²) in [6.45, 7) is 1.46. The number of rotatable bonds is 3. The van der Waals surface area contributed by atoms with Crippen molar-refractivity contribution in [3.05, 3.63) is 17.3 Å². The Morgan fingerprint density at radius 3 is 2.47 bits per heavy atom. The molecule has 0 bridgehead atoms. The molecule has 0 N–H and O–H groups in total. The van der Waals surface area contributed by atoms with Gasteiger partial charge < -0.3 is 9.47 Å². The van der Waals surface area contributed by atoms with Crippen molar-refractivity contribution in [3.8, 4) is 11.6 Å². The molecule has 0 aliphatic carbocycles. The van der Waals surface area contributed by atoms with E-state index < -0.39 is 17.5 Å². The van der Waals surface area contributed by atoms with Gasteiger partial charge in [-0.2, -0.15) is 0 Å². The van der Waals surface area contributed by atoms with E-state index in [2.05, 4.69) is 14.5 Å². The summed E-state index contributed by atoms with van der Waals surface area (Å²) in [6.07, 6.45) is -4.93. The zero-order valence-corrected chi connectivity index (χ0v) is 9.52. The molecule has 1 heterocycles. The van der Waals surface area contributed by atoms with Crippen LogP contribution >= 0.6 is 11.6 Å². The lowest BCUT2D eigenvalue weighted by molar-refractivity contribution is -0.276. The van der Waals surface area contributed by atoms with Crippen LogP contribution in [0.4, 0.5) is 13.2 Å². The number of carbonyl (C=O) groups excluding carboxylic acids is 1. The SMILES string of the molecule is COc1cc(C)c(C(=O)Cl)nc1OC(F)(F)F. The number of aryl methyl sites for hydroxylation is 1. The lowest BCUT2D eigenvalue weighted by Gasteiger charge is -2.13. The third kappa shape index (κ3) is 3.48. The predicted molar refractivity (Wildman–Crippen MR) is 52.4 cm³/mol. The standard InChI is InChI=1S/C9H7ClF3NO3/c1-4-3-5(16-2)8(17-9(11,12)13)14-6(4)7(10)15/h3H,1-2H3. The highest BCUT2D eigenvalue weighted by Crippen LogP contribution is 2.32. The first-order chi connectivity index (χ1) is 7.74. The topological polar surface area (TPSA) is 48.4 Å². The number of methoxy groups -OCH3 is 1. The van der Waals surface area contributed by atoms with Crippen molar-refractivity contribution in [1.29, 1.82) is 0 Å². The third-order valence-electron chi connectivity index (χ3n) is 1.76. The first-order valence-electron chi connectivity index (χ1n) is 4.26. The summed E-state index contributed by atoms with van der Waals surface area (Å²) < 4.78 is 44.5. The molecule has 0 aromatic carbocycles. The second-order valence-electron chi connectivity index (χ2n) is 2.98. The third-order valence-corrected chi connectivity index (χ3v) is 1.94. The zero-order valence-electron chi connectivity index (χ0n) is 8.76. The van der Waals surface area contributed by atoms with E-state index in [1.165, 1.54) is 13.0 Å². The molecule has 1 aromatic heterocycles. The van der Waals surface area contributed by atoms with Gasteiger partial charge in [0.15, 0.2) is 5.75 Å². The Bertz CT molecular complexity index is 448. The van der Waals surface area contributed by atoms with Gasteiger partial charge in [-0.05, 0) is 30.2 Å². The van der Waals surface area contributed by atoms with Gasteiger partial charge in [-0.15, -0.1) is 13.2 Å². The van der Waals surface area contributed by atoms with Crippen LogP contribution in [-0.2, 0) is 0 Å². The van der Waals surface area contributed by atoms with Crippen LogP contribution in [0.5, 0.6) is 11.6 Å². The van der Waals surface area contributed by atoms with Crippen LogP contribution in [0.15, 0.2) is 6.07 Å². The summed E-state index contributed by atoms with van der Waals surface area (Å²) >= 11 is 5.17. The van der Waals surface area contributed by atoms with Gasteiger partial charge in [0.05, 0.1) is 7.11 Å². The summed E-state index contributed by atoms with van der Waals surface area (Å²) in [4.78, 5) is 14.3. The summed E-state index contributed by atoms with van der Waals surface area (Å²) in [5, 5.41) is -0.975. The molecule has 0 saturated heterocycles. The van der Waals surface area contributed by atoms with Crippen molar-refractivity contribution in [1.82, 2.24) is 4.98 Å². The maximum Gasteiger partial charge on any atom is 0.574 e. The van der Waals surface area contributed by atoms with Crippen molar-refractivity contribution in [2.45, 2.75) is 13.3 Å². The summed E-state index contributed by atoms with van der Waals surface area (Å²) in [5.41, 5.74) is -0.0249. The van der Waals surface area contributed by atoms with Crippen LogP contribution in [0.25, 0.3) is 0 Å². The Balaban J connectivity index is 3.26. The molecule has 0 atom stereocenters. The van der Waals surface area contributed by atoms with E-state index in [0.29, 0.717) is 0 Å². The van der Waals surface area contributed by atoms with Crippen molar-refractivity contribution in [2.24, 2.45) is 0 Å². The lowest BCUT2D eigenvalue weighted by Crippen LogP contribution is -2.19. The quantitative estimate of drug-likeness (QED) is 0.792. The molecule has 0 aliphatic heterocycles. The number of aromatic nitrogens is 1. The zero-order chi connectivity index (χ0) is 13.2. The van der Waals surface area contributed by atoms with Crippen LogP contribution in [0.3, 0.4) is 0 Å². The molecule has 8 heteroatoms. The van der Waals surface area contributed by atoms with E-state index >= 15 is 0 Å². The van der Waals surface area contributed by atoms with Crippen molar-refractivity contribution >= 4 is 16.8 Å². The number of hydrogen-bond acceptors (Lipinski definition) is 4. The minimum atomic E-state index is -4.93. The second kappa shape index (κ2) is 4.79. The number of halogens is 4. The van der Waals surface area contributed by atoms with E-state index in [0.717, 1.165) is 7.11 Å². The fourth-order valence-corrected chi connectivity index (χ4v) is 1.29. The molecule has 0 spiro atoms. The highest BCUT2D eigenvalue weighted by atomic mass is 35.5. The van der Waals surface area contributed by atoms with Crippen LogP contribution < -0.4 is 9.47 Å². The molecule has 0 fully saturated rings. The Morgan fingerprint density at radius 2 is 2.06 bits per heavy atom. The Labute approximate surface area is 99.3 Å². The highest BCUT2D eigenvalue weighted by molar-refractivity contribution is 6.67. The fraction of sp³-hybridized carbons (Fsp3) is 0.333. The maximum absolute atomic E-state index is 12.1. The van der Waals surface area contributed by atoms with Gasteiger partial charge >= 0.3 is 6.36 Å². The summed E-state index contributed by atoms with van der Waals surface area (Å²) in [5.74, 6) is -1.09. The number of nitrogens with zero attached hydrogens (tertiary/aromatic N) is 1. The monoisotopic (exact) mass is 269 g/mol. The van der Waals surface area contributed by atoms with E-state index in [1.807, 2.05) is 0 Å². The molecule has 1 aromatic rings. The van der Waals surface area contributed by atoms with Crippen molar-refractivity contribution in [2.75, 3.05) is 7.11 Å². The van der Waals surface area contributed by atoms with E-state index in [1.54, 1.807) is 0 Å². The molecule has 17 heavy (non-hydrogen) atoms. The first-order valence-corrected chi connectivity index (χ1v) is 4.63. The van der Waals surface area contributed by atoms with Gasteiger partial charge in [0, 0.05) is 0 Å². The molecule has 0 unspecified atom stereocenters. The molecule has 1 rings (SSSR count). The predicted octanol–water partition coefficient (Wildman–Crippen LogP) is 2.68. The molecule has 0 radical (unpaired) electrons. The minimum Gasteiger partial charge on any atom is -0.491 e. The molecule has 0 aliphatic rings. The number of carbonyl (C=O) groups is 1. The van der Waals surface area contributed by atoms with Crippen LogP contribution in [0.1, 0.15) is 16.1 Å². The molecule has 0 saturated carbocycles. The summed E-state index contributed by atoms with van der Waals surface area (Å²) in [7, 11) is 1.15. The maximum atomic E-state index is 12.1. The van der Waals surface area contributed by atoms with E-state index in [9.17, 15) is 18.0 Å². The van der Waals surface area contributed by atoms with E-state index in [-0.39, 0.29) is 17.0 Å². The largest absolute Gasteiger partial charge is 0.574 e. The number of hydrogen-bond donors (Lipinski definition) is 0. The average molecular weight is 270 g/mol. The lowest BCUT2D eigenvalue weighted by atomic mass is 10.2. The van der Waals surface area contributed by atoms with Crippen LogP contribution in [0.2, 0.25) is 0 Å². The van der Waals surface area contributed by atoms with Gasteiger partial charge in [0.2, 0.25) is 0 Å². The molecular weight excluding hydrogens is 263 g/mol. The Morgan fingerprint density at radius 1 is 1.47 bits per heavy atom. The van der Waals surface area contributed by atoms with Crippen molar-refractivity contribution in [3.63, 3.8) is 0 Å².